The summed E-state index contributed by atoms with van der Waals surface area (Å²) in [7, 11) is 0. The molecule has 0 radical (unpaired) electrons. The summed E-state index contributed by atoms with van der Waals surface area (Å²) in [5, 5.41) is 4.93. The Morgan fingerprint density at radius 2 is 1.54 bits per heavy atom. The fourth-order valence-corrected chi connectivity index (χ4v) is 4.52. The fraction of sp³-hybridized carbons (Fsp3) is 0.179. The van der Waals surface area contributed by atoms with Gasteiger partial charge >= 0.3 is 0 Å². The van der Waals surface area contributed by atoms with E-state index in [1.54, 1.807) is 33.8 Å². The van der Waals surface area contributed by atoms with Gasteiger partial charge in [-0.3, -0.25) is 24.5 Å². The third-order valence-electron chi connectivity index (χ3n) is 6.45. The van der Waals surface area contributed by atoms with Gasteiger partial charge < -0.3 is 10.2 Å². The molecule has 1 aliphatic heterocycles. The number of carbonyl (C=O) groups excluding carboxylic acids is 3. The van der Waals surface area contributed by atoms with Crippen molar-refractivity contribution in [2.45, 2.75) is 20.3 Å². The molecular formula is C28H26N4O3. The van der Waals surface area contributed by atoms with Gasteiger partial charge in [-0.2, -0.15) is 0 Å². The molecule has 4 aromatic rings. The zero-order valence-electron chi connectivity index (χ0n) is 19.6. The molecule has 0 saturated carbocycles. The van der Waals surface area contributed by atoms with E-state index in [-0.39, 0.29) is 24.1 Å². The molecule has 1 saturated heterocycles. The van der Waals surface area contributed by atoms with Crippen molar-refractivity contribution in [2.24, 2.45) is 5.92 Å². The van der Waals surface area contributed by atoms with E-state index >= 15 is 0 Å². The highest BCUT2D eigenvalue weighted by Gasteiger charge is 2.35. The molecule has 2 heterocycles. The van der Waals surface area contributed by atoms with E-state index < -0.39 is 5.92 Å². The minimum atomic E-state index is -0.455. The number of aromatic nitrogens is 1. The third kappa shape index (κ3) is 4.40. The van der Waals surface area contributed by atoms with Crippen LogP contribution >= 0.6 is 0 Å². The highest BCUT2D eigenvalue weighted by Crippen LogP contribution is 2.32. The summed E-state index contributed by atoms with van der Waals surface area (Å²) in [5.41, 5.74) is 6.62. The topological polar surface area (TPSA) is 83.4 Å². The van der Waals surface area contributed by atoms with Crippen LogP contribution in [0, 0.1) is 19.8 Å². The summed E-state index contributed by atoms with van der Waals surface area (Å²) in [6, 6.07) is 24.4. The minimum Gasteiger partial charge on any atom is -0.326 e. The fourth-order valence-electron chi connectivity index (χ4n) is 4.52. The largest absolute Gasteiger partial charge is 0.326 e. The van der Waals surface area contributed by atoms with Crippen molar-refractivity contribution in [1.29, 1.82) is 0 Å². The average Bonchev–Trinajstić information content (AvgIpc) is 3.41. The summed E-state index contributed by atoms with van der Waals surface area (Å²) in [6.45, 7) is 4.16. The van der Waals surface area contributed by atoms with Crippen molar-refractivity contribution in [3.05, 3.63) is 95.8 Å². The van der Waals surface area contributed by atoms with Crippen LogP contribution < -0.4 is 15.6 Å². The first-order valence-corrected chi connectivity index (χ1v) is 11.6. The molecule has 176 valence electrons. The molecule has 7 nitrogen and oxygen atoms in total. The molecule has 1 fully saturated rings. The zero-order chi connectivity index (χ0) is 24.5. The second kappa shape index (κ2) is 9.10. The third-order valence-corrected chi connectivity index (χ3v) is 6.45. The van der Waals surface area contributed by atoms with Crippen LogP contribution in [-0.4, -0.2) is 28.9 Å². The Bertz CT molecular complexity index is 1410. The summed E-state index contributed by atoms with van der Waals surface area (Å²) in [6.07, 6.45) is 0.158. The Morgan fingerprint density at radius 1 is 0.857 bits per heavy atom. The number of aryl methyl sites for hydroxylation is 2. The first-order valence-electron chi connectivity index (χ1n) is 11.6. The molecule has 0 aliphatic carbocycles. The monoisotopic (exact) mass is 466 g/mol. The standard InChI is InChI=1S/C28H26N4O3/c1-18-10-11-19(2)32(18)30-28(35)21-12-14-23(15-13-21)29-27(34)22-16-26(33)31(17-22)25-9-5-7-20-6-3-4-8-24(20)25/h3-15,22H,16-17H2,1-2H3,(H,29,34)(H,30,35)/t22-/m1/s1. The predicted molar refractivity (Wildman–Crippen MR) is 137 cm³/mol. The number of amides is 3. The number of carbonyl (C=O) groups is 3. The number of benzene rings is 3. The lowest BCUT2D eigenvalue weighted by Gasteiger charge is -2.19. The van der Waals surface area contributed by atoms with E-state index in [1.807, 2.05) is 68.4 Å². The van der Waals surface area contributed by atoms with E-state index in [9.17, 15) is 14.4 Å². The van der Waals surface area contributed by atoms with Crippen molar-refractivity contribution in [3.8, 4) is 0 Å². The number of rotatable bonds is 5. The summed E-state index contributed by atoms with van der Waals surface area (Å²) in [5.74, 6) is -0.970. The Kier molecular flexibility index (Phi) is 5.82. The Labute approximate surface area is 203 Å². The van der Waals surface area contributed by atoms with Gasteiger partial charge in [0.05, 0.1) is 11.6 Å². The van der Waals surface area contributed by atoms with Crippen LogP contribution in [0.1, 0.15) is 28.2 Å². The highest BCUT2D eigenvalue weighted by molar-refractivity contribution is 6.08. The molecule has 0 spiro atoms. The van der Waals surface area contributed by atoms with Crippen molar-refractivity contribution in [1.82, 2.24) is 4.68 Å². The predicted octanol–water partition coefficient (Wildman–Crippen LogP) is 4.63. The number of nitrogens with one attached hydrogen (secondary N) is 2. The van der Waals surface area contributed by atoms with Crippen LogP contribution in [0.3, 0.4) is 0 Å². The SMILES string of the molecule is Cc1ccc(C)n1NC(=O)c1ccc(NC(=O)[C@@H]2CC(=O)N(c3cccc4ccccc34)C2)cc1. The Morgan fingerprint density at radius 3 is 2.29 bits per heavy atom. The molecule has 2 N–H and O–H groups in total. The van der Waals surface area contributed by atoms with E-state index in [1.165, 1.54) is 0 Å². The van der Waals surface area contributed by atoms with Gasteiger partial charge in [0.25, 0.3) is 5.91 Å². The summed E-state index contributed by atoms with van der Waals surface area (Å²) in [4.78, 5) is 40.0. The zero-order valence-corrected chi connectivity index (χ0v) is 19.6. The number of fused-ring (bicyclic) bond motifs is 1. The van der Waals surface area contributed by atoms with Gasteiger partial charge in [-0.25, -0.2) is 0 Å². The quantitative estimate of drug-likeness (QED) is 0.450. The van der Waals surface area contributed by atoms with E-state index in [0.717, 1.165) is 27.8 Å². The molecule has 5 rings (SSSR count). The number of hydrogen-bond donors (Lipinski definition) is 2. The first-order chi connectivity index (χ1) is 16.9. The second-order valence-electron chi connectivity index (χ2n) is 8.86. The lowest BCUT2D eigenvalue weighted by Crippen LogP contribution is -2.28. The van der Waals surface area contributed by atoms with Gasteiger partial charge in [-0.05, 0) is 61.7 Å². The van der Waals surface area contributed by atoms with Gasteiger partial charge in [0, 0.05) is 41.0 Å². The van der Waals surface area contributed by atoms with Gasteiger partial charge in [0.2, 0.25) is 11.8 Å². The molecule has 0 bridgehead atoms. The summed E-state index contributed by atoms with van der Waals surface area (Å²) < 4.78 is 1.73. The molecule has 7 heteroatoms. The molecular weight excluding hydrogens is 440 g/mol. The minimum absolute atomic E-state index is 0.0656. The molecule has 1 atom stereocenters. The smallest absolute Gasteiger partial charge is 0.270 e. The van der Waals surface area contributed by atoms with Crippen molar-refractivity contribution < 1.29 is 14.4 Å². The number of nitrogens with zero attached hydrogens (tertiary/aromatic N) is 2. The van der Waals surface area contributed by atoms with Crippen LogP contribution in [0.5, 0.6) is 0 Å². The van der Waals surface area contributed by atoms with Crippen LogP contribution in [0.2, 0.25) is 0 Å². The second-order valence-corrected chi connectivity index (χ2v) is 8.86. The van der Waals surface area contributed by atoms with Crippen molar-refractivity contribution in [3.63, 3.8) is 0 Å². The van der Waals surface area contributed by atoms with E-state index in [2.05, 4.69) is 10.7 Å². The molecule has 35 heavy (non-hydrogen) atoms. The van der Waals surface area contributed by atoms with Crippen LogP contribution in [0.15, 0.2) is 78.9 Å². The highest BCUT2D eigenvalue weighted by atomic mass is 16.2. The van der Waals surface area contributed by atoms with Gasteiger partial charge in [-0.15, -0.1) is 0 Å². The molecule has 3 amide bonds. The maximum atomic E-state index is 12.9. The van der Waals surface area contributed by atoms with E-state index in [0.29, 0.717) is 17.8 Å². The summed E-state index contributed by atoms with van der Waals surface area (Å²) >= 11 is 0. The van der Waals surface area contributed by atoms with E-state index in [4.69, 9.17) is 0 Å². The van der Waals surface area contributed by atoms with Crippen LogP contribution in [0.25, 0.3) is 10.8 Å². The molecule has 1 aromatic heterocycles. The van der Waals surface area contributed by atoms with Gasteiger partial charge in [-0.1, -0.05) is 36.4 Å². The normalized spacial score (nSPS) is 15.4. The maximum Gasteiger partial charge on any atom is 0.270 e. The molecule has 3 aromatic carbocycles. The van der Waals surface area contributed by atoms with Crippen LogP contribution in [0.4, 0.5) is 11.4 Å². The maximum absolute atomic E-state index is 12.9. The Balaban J connectivity index is 1.24. The lowest BCUT2D eigenvalue weighted by atomic mass is 10.1. The Hall–Kier alpha value is -4.39. The first kappa shape index (κ1) is 22.4. The number of hydrogen-bond acceptors (Lipinski definition) is 3. The average molecular weight is 467 g/mol. The van der Waals surface area contributed by atoms with Crippen molar-refractivity contribution >= 4 is 39.9 Å². The van der Waals surface area contributed by atoms with Crippen LogP contribution in [-0.2, 0) is 9.59 Å². The van der Waals surface area contributed by atoms with Gasteiger partial charge in [0.1, 0.15) is 0 Å². The molecule has 0 unspecified atom stereocenters. The number of anilines is 2. The van der Waals surface area contributed by atoms with Crippen molar-refractivity contribution in [2.75, 3.05) is 22.2 Å². The molecule has 1 aliphatic rings. The lowest BCUT2D eigenvalue weighted by molar-refractivity contribution is -0.122. The van der Waals surface area contributed by atoms with Gasteiger partial charge in [0.15, 0.2) is 0 Å².